The first-order valence-electron chi connectivity index (χ1n) is 23.9. The molecule has 3 unspecified atom stereocenters. The summed E-state index contributed by atoms with van der Waals surface area (Å²) in [5.41, 5.74) is 18.0. The molecule has 22 nitrogen and oxygen atoms in total. The highest BCUT2D eigenvalue weighted by Crippen LogP contribution is 2.34. The quantitative estimate of drug-likeness (QED) is 0.0482. The smallest absolute Gasteiger partial charge is 0.390 e. The van der Waals surface area contributed by atoms with Crippen LogP contribution in [0.2, 0.25) is 0 Å². The zero-order valence-corrected chi connectivity index (χ0v) is 47.9. The lowest BCUT2D eigenvalue weighted by Gasteiger charge is -2.19. The number of methoxy groups -OCH3 is 2. The minimum Gasteiger partial charge on any atom is -0.390 e. The number of nitrogen functional groups attached to an aromatic ring is 1. The van der Waals surface area contributed by atoms with Crippen molar-refractivity contribution < 1.29 is 113 Å². The lowest BCUT2D eigenvalue weighted by molar-refractivity contribution is -0.142. The van der Waals surface area contributed by atoms with Gasteiger partial charge in [0.2, 0.25) is 26.9 Å². The van der Waals surface area contributed by atoms with Gasteiger partial charge in [-0.1, -0.05) is 40.9 Å². The van der Waals surface area contributed by atoms with E-state index in [0.29, 0.717) is 20.0 Å². The van der Waals surface area contributed by atoms with Crippen LogP contribution >= 0.6 is 34.0 Å². The standard InChI is InChI=1S/C10H13F3N2O3.C8H8F3N3O2S.C7H6F3N3OS.C5H11F3N2.C5H7F3N2.C4H5F3O.C4H7N3S/c1-6(16)14-5-8(3-4-10(11,12)13)15(7(2)17)9(14)18;1-16-3-5-13-14-4(2-15)6(8(9,10)11)12-7(14)17-5;1-14-3-5-12-13-2-4(7(8,9)10)11-6(13)15-5;2*6-5(7,8)2-1-4(10)3-9;5-4(6,7)2-1-3-8;1-2-3-6-7-4(5)8-3/h8H,3-5H2,1-2H3;15H,2-3H2,1H3;2H,3H2,1H3;4H,1-3,9-10H2;4H,1-2,10H2;3H,1-2H2;2H2,1H3,(H2,5,7). The van der Waals surface area contributed by atoms with Gasteiger partial charge in [-0.3, -0.25) is 19.4 Å². The number of urea groups is 1. The Labute approximate surface area is 487 Å². The van der Waals surface area contributed by atoms with Crippen LogP contribution in [-0.2, 0) is 62.5 Å². The highest BCUT2D eigenvalue weighted by atomic mass is 32.1. The highest BCUT2D eigenvalue weighted by Gasteiger charge is 2.43. The Bertz CT molecular complexity index is 2830. The Balaban J connectivity index is 0.00000100. The first-order valence-corrected chi connectivity index (χ1v) is 26.3. The summed E-state index contributed by atoms with van der Waals surface area (Å²) in [7, 11) is 2.95. The fraction of sp³-hybridized carbons (Fsp3) is 0.651. The maximum atomic E-state index is 12.6. The van der Waals surface area contributed by atoms with Crippen LogP contribution in [0.3, 0.4) is 0 Å². The number of hydrogen-bond donors (Lipinski definition) is 5. The van der Waals surface area contributed by atoms with Crippen LogP contribution in [0, 0.1) is 11.3 Å². The van der Waals surface area contributed by atoms with Crippen molar-refractivity contribution in [1.29, 1.82) is 5.26 Å². The van der Waals surface area contributed by atoms with Gasteiger partial charge in [0, 0.05) is 66.3 Å². The largest absolute Gasteiger partial charge is 0.435 e. The van der Waals surface area contributed by atoms with Gasteiger partial charge in [0.1, 0.15) is 27.0 Å². The highest BCUT2D eigenvalue weighted by molar-refractivity contribution is 7.17. The van der Waals surface area contributed by atoms with Gasteiger partial charge in [-0.15, -0.1) is 10.2 Å². The predicted molar refractivity (Wildman–Crippen MR) is 270 cm³/mol. The number of aliphatic hydroxyl groups is 1. The van der Waals surface area contributed by atoms with Gasteiger partial charge in [-0.05, 0) is 25.7 Å². The molecule has 9 N–H and O–H groups in total. The Morgan fingerprint density at radius 2 is 1.29 bits per heavy atom. The summed E-state index contributed by atoms with van der Waals surface area (Å²) >= 11 is 3.51. The van der Waals surface area contributed by atoms with Crippen LogP contribution < -0.4 is 22.9 Å². The molecule has 0 radical (unpaired) electrons. The maximum absolute atomic E-state index is 12.6. The molecule has 5 aromatic heterocycles. The minimum atomic E-state index is -4.59. The number of alkyl halides is 18. The average molecular weight is 1330 g/mol. The van der Waals surface area contributed by atoms with E-state index in [2.05, 4.69) is 30.4 Å². The maximum Gasteiger partial charge on any atom is 0.435 e. The second kappa shape index (κ2) is 36.2. The van der Waals surface area contributed by atoms with Crippen molar-refractivity contribution in [2.24, 2.45) is 17.2 Å². The van der Waals surface area contributed by atoms with E-state index >= 15 is 0 Å². The third-order valence-electron chi connectivity index (χ3n) is 9.68. The van der Waals surface area contributed by atoms with E-state index in [1.165, 1.54) is 31.6 Å². The first-order chi connectivity index (χ1) is 39.4. The summed E-state index contributed by atoms with van der Waals surface area (Å²) in [6, 6.07) is -1.76. The number of hydrogen-bond acceptors (Lipinski definition) is 21. The zero-order valence-electron chi connectivity index (χ0n) is 45.4. The molecule has 5 aromatic rings. The number of anilines is 1. The van der Waals surface area contributed by atoms with Gasteiger partial charge in [-0.25, -0.2) is 23.8 Å². The molecule has 1 aliphatic heterocycles. The van der Waals surface area contributed by atoms with Crippen molar-refractivity contribution in [3.05, 3.63) is 38.3 Å². The van der Waals surface area contributed by atoms with Crippen LogP contribution in [0.25, 0.3) is 9.92 Å². The Hall–Kier alpha value is -6.17. The van der Waals surface area contributed by atoms with Gasteiger partial charge in [-0.2, -0.15) is 94.5 Å². The van der Waals surface area contributed by atoms with Gasteiger partial charge in [0.15, 0.2) is 11.4 Å². The molecule has 490 valence electrons. The molecule has 4 amide bonds. The van der Waals surface area contributed by atoms with E-state index in [0.717, 1.165) is 68.1 Å². The van der Waals surface area contributed by atoms with Crippen molar-refractivity contribution in [1.82, 2.24) is 49.2 Å². The van der Waals surface area contributed by atoms with Crippen LogP contribution in [0.4, 0.5) is 89.0 Å². The number of carbonyl (C=O) groups is 4. The van der Waals surface area contributed by atoms with Crippen LogP contribution in [0.15, 0.2) is 6.20 Å². The number of nitrogens with zero attached hydrogens (tertiary/aromatic N) is 11. The number of amides is 4. The molecule has 6 rings (SSSR count). The van der Waals surface area contributed by atoms with Crippen LogP contribution in [0.1, 0.15) is 104 Å². The van der Waals surface area contributed by atoms with Gasteiger partial charge in [0.25, 0.3) is 0 Å². The van der Waals surface area contributed by atoms with E-state index in [9.17, 15) is 98.2 Å². The molecule has 3 atom stereocenters. The van der Waals surface area contributed by atoms with Crippen molar-refractivity contribution in [2.45, 2.75) is 154 Å². The topological polar surface area (TPSA) is 327 Å². The van der Waals surface area contributed by atoms with Gasteiger partial charge >= 0.3 is 43.1 Å². The van der Waals surface area contributed by atoms with Crippen molar-refractivity contribution in [3.63, 3.8) is 0 Å². The molecule has 1 aliphatic rings. The molecule has 0 saturated carbocycles. The second-order valence-electron chi connectivity index (χ2n) is 16.8. The van der Waals surface area contributed by atoms with Crippen LogP contribution in [0.5, 0.6) is 0 Å². The summed E-state index contributed by atoms with van der Waals surface area (Å²) in [5, 5.41) is 34.8. The summed E-state index contributed by atoms with van der Waals surface area (Å²) in [4.78, 5) is 52.0. The molecule has 0 aromatic carbocycles. The summed E-state index contributed by atoms with van der Waals surface area (Å²) in [6.45, 7) is 3.87. The number of ether oxygens (including phenoxy) is 2. The average Bonchev–Trinajstić information content (AvgIpc) is 2.70. The molecule has 0 bridgehead atoms. The number of imide groups is 2. The van der Waals surface area contributed by atoms with Gasteiger partial charge < -0.3 is 42.3 Å². The van der Waals surface area contributed by atoms with Crippen LogP contribution in [-0.4, -0.2) is 149 Å². The van der Waals surface area contributed by atoms with E-state index in [1.807, 2.05) is 6.92 Å². The third kappa shape index (κ3) is 32.0. The third-order valence-corrected chi connectivity index (χ3v) is 12.4. The number of aromatic nitrogens is 8. The molecule has 0 spiro atoms. The SMILES string of the molecule is CC(=O)N1CC(CCC(F)(F)F)N(C(C)=O)C1=O.CCc1nnc(N)s1.COCc1nn2c(CO)c(C(F)(F)F)nc2s1.COCc1nn2cc(C(F)(F)F)nc2s1.N#CC(N)CCC(F)(F)F.NCC(N)CCC(F)(F)F.O=CCCC(F)(F)F. The fourth-order valence-corrected chi connectivity index (χ4v) is 8.07. The number of nitriles is 1. The minimum absolute atomic E-state index is 0.0833. The number of imidazole rings is 2. The first kappa shape index (κ1) is 79.8. The summed E-state index contributed by atoms with van der Waals surface area (Å²) in [5.74, 6) is -1.24. The lowest BCUT2D eigenvalue weighted by atomic mass is 10.1. The molecule has 1 saturated heterocycles. The normalized spacial score (nSPS) is 14.3. The fourth-order valence-electron chi connectivity index (χ4n) is 5.79. The van der Waals surface area contributed by atoms with E-state index < -0.39 is 130 Å². The molecule has 0 aliphatic carbocycles. The molecule has 43 heteroatoms. The molecular weight excluding hydrogens is 1280 g/mol. The van der Waals surface area contributed by atoms with Crippen molar-refractivity contribution >= 4 is 73.2 Å². The Morgan fingerprint density at radius 3 is 1.66 bits per heavy atom. The molecule has 86 heavy (non-hydrogen) atoms. The lowest BCUT2D eigenvalue weighted by Crippen LogP contribution is -2.39. The van der Waals surface area contributed by atoms with E-state index in [-0.39, 0.29) is 61.0 Å². The van der Waals surface area contributed by atoms with Gasteiger partial charge in [0.05, 0.1) is 57.1 Å². The monoisotopic (exact) mass is 1330 g/mol. The number of aldehydes is 1. The molecule has 1 fully saturated rings. The summed E-state index contributed by atoms with van der Waals surface area (Å²) < 4.78 is 224. The number of fused-ring (bicyclic) bond motifs is 2. The zero-order chi connectivity index (χ0) is 66.8. The number of halogens is 18. The predicted octanol–water partition coefficient (Wildman–Crippen LogP) is 8.94. The molecular formula is C43H57F18N15O7S3. The van der Waals surface area contributed by atoms with E-state index in [4.69, 9.17) is 42.8 Å². The van der Waals surface area contributed by atoms with Crippen molar-refractivity contribution in [2.75, 3.05) is 33.0 Å². The number of carbonyl (C=O) groups excluding carboxylic acids is 4. The summed E-state index contributed by atoms with van der Waals surface area (Å²) in [6.07, 6.45) is -28.9. The Morgan fingerprint density at radius 1 is 0.767 bits per heavy atom. The number of nitrogens with two attached hydrogens (primary N) is 4. The second-order valence-corrected chi connectivity index (χ2v) is 20.0. The van der Waals surface area contributed by atoms with E-state index in [1.54, 1.807) is 0 Å². The number of rotatable bonds is 15. The molecule has 6 heterocycles. The number of aliphatic hydroxyl groups excluding tert-OH is 1. The van der Waals surface area contributed by atoms with Crippen molar-refractivity contribution in [3.8, 4) is 6.07 Å². The Kier molecular flexibility index (Phi) is 33.6. The number of aryl methyl sites for hydroxylation is 1.